The number of thiazole rings is 1. The Hall–Kier alpha value is -2.02. The van der Waals surface area contributed by atoms with Gasteiger partial charge in [0, 0.05) is 48.9 Å². The fourth-order valence-electron chi connectivity index (χ4n) is 3.03. The fourth-order valence-corrected chi connectivity index (χ4v) is 3.84. The van der Waals surface area contributed by atoms with Crippen molar-refractivity contribution in [2.24, 2.45) is 0 Å². The van der Waals surface area contributed by atoms with Gasteiger partial charge in [-0.25, -0.2) is 4.98 Å². The van der Waals surface area contributed by atoms with Gasteiger partial charge in [0.2, 0.25) is 0 Å². The predicted molar refractivity (Wildman–Crippen MR) is 111 cm³/mol. The van der Waals surface area contributed by atoms with E-state index in [-0.39, 0.29) is 6.61 Å². The first-order valence-corrected chi connectivity index (χ1v) is 10.4. The van der Waals surface area contributed by atoms with E-state index in [1.807, 2.05) is 10.9 Å². The van der Waals surface area contributed by atoms with E-state index in [9.17, 15) is 5.11 Å². The molecule has 0 spiro atoms. The van der Waals surface area contributed by atoms with Gasteiger partial charge in [-0.2, -0.15) is 5.10 Å². The van der Waals surface area contributed by atoms with Crippen molar-refractivity contribution in [2.75, 3.05) is 13.2 Å². The minimum absolute atomic E-state index is 0.134. The number of benzene rings is 1. The quantitative estimate of drug-likeness (QED) is 0.602. The number of aliphatic hydroxyl groups excluding tert-OH is 1. The summed E-state index contributed by atoms with van der Waals surface area (Å²) < 4.78 is 1.92. The lowest BCUT2D eigenvalue weighted by Crippen LogP contribution is -2.26. The Morgan fingerprint density at radius 2 is 1.96 bits per heavy atom. The molecule has 1 aromatic carbocycles. The van der Waals surface area contributed by atoms with Gasteiger partial charge in [0.1, 0.15) is 5.01 Å². The van der Waals surface area contributed by atoms with Crippen molar-refractivity contribution in [3.05, 3.63) is 58.9 Å². The second-order valence-electron chi connectivity index (χ2n) is 7.06. The second kappa shape index (κ2) is 9.26. The van der Waals surface area contributed by atoms with Crippen LogP contribution in [0.15, 0.2) is 42.0 Å². The summed E-state index contributed by atoms with van der Waals surface area (Å²) in [6.07, 6.45) is 3.96. The van der Waals surface area contributed by atoms with E-state index >= 15 is 0 Å². The highest BCUT2D eigenvalue weighted by Crippen LogP contribution is 2.26. The minimum atomic E-state index is 0.134. The van der Waals surface area contributed by atoms with Crippen LogP contribution < -0.4 is 0 Å². The molecule has 1 N–H and O–H groups in total. The van der Waals surface area contributed by atoms with Crippen LogP contribution in [0, 0.1) is 0 Å². The van der Waals surface area contributed by atoms with Crippen LogP contribution in [0.5, 0.6) is 0 Å². The van der Waals surface area contributed by atoms with Crippen LogP contribution in [-0.2, 0) is 19.6 Å². The van der Waals surface area contributed by atoms with Crippen LogP contribution in [-0.4, -0.2) is 37.9 Å². The molecule has 0 atom stereocenters. The normalized spacial score (nSPS) is 11.6. The first-order chi connectivity index (χ1) is 13.1. The molecule has 0 saturated carbocycles. The second-order valence-corrected chi connectivity index (χ2v) is 7.92. The van der Waals surface area contributed by atoms with Crippen molar-refractivity contribution < 1.29 is 5.11 Å². The van der Waals surface area contributed by atoms with Gasteiger partial charge in [0.15, 0.2) is 0 Å². The van der Waals surface area contributed by atoms with Crippen LogP contribution >= 0.6 is 11.3 Å². The Balaban J connectivity index is 1.68. The van der Waals surface area contributed by atoms with E-state index in [4.69, 9.17) is 4.98 Å². The van der Waals surface area contributed by atoms with Crippen molar-refractivity contribution in [1.29, 1.82) is 0 Å². The molecule has 6 heteroatoms. The van der Waals surface area contributed by atoms with Crippen LogP contribution in [0.4, 0.5) is 0 Å². The Labute approximate surface area is 165 Å². The molecule has 3 rings (SSSR count). The summed E-state index contributed by atoms with van der Waals surface area (Å²) in [6.45, 7) is 9.59. The monoisotopic (exact) mass is 384 g/mol. The zero-order valence-electron chi connectivity index (χ0n) is 16.3. The number of rotatable bonds is 9. The lowest BCUT2D eigenvalue weighted by molar-refractivity contribution is 0.183. The number of nitrogens with zero attached hydrogens (tertiary/aromatic N) is 4. The molecule has 0 fully saturated rings. The van der Waals surface area contributed by atoms with Gasteiger partial charge in [-0.3, -0.25) is 9.58 Å². The summed E-state index contributed by atoms with van der Waals surface area (Å²) in [7, 11) is 0. The average molecular weight is 385 g/mol. The highest BCUT2D eigenvalue weighted by Gasteiger charge is 2.12. The van der Waals surface area contributed by atoms with E-state index in [2.05, 4.69) is 66.6 Å². The summed E-state index contributed by atoms with van der Waals surface area (Å²) in [5, 5.41) is 16.9. The zero-order valence-corrected chi connectivity index (χ0v) is 17.1. The maximum absolute atomic E-state index is 9.42. The van der Waals surface area contributed by atoms with Crippen molar-refractivity contribution in [1.82, 2.24) is 19.7 Å². The van der Waals surface area contributed by atoms with Gasteiger partial charge in [-0.05, 0) is 18.4 Å². The summed E-state index contributed by atoms with van der Waals surface area (Å²) >= 11 is 1.67. The van der Waals surface area contributed by atoms with Crippen molar-refractivity contribution in [2.45, 2.75) is 46.3 Å². The Morgan fingerprint density at radius 1 is 1.19 bits per heavy atom. The predicted octanol–water partition coefficient (Wildman–Crippen LogP) is 4.14. The molecule has 0 aliphatic heterocycles. The summed E-state index contributed by atoms with van der Waals surface area (Å²) in [5.74, 6) is 0.537. The molecule has 5 nitrogen and oxygen atoms in total. The van der Waals surface area contributed by atoms with Gasteiger partial charge in [0.05, 0.1) is 18.5 Å². The maximum Gasteiger partial charge on any atom is 0.123 e. The largest absolute Gasteiger partial charge is 0.395 e. The summed E-state index contributed by atoms with van der Waals surface area (Å²) in [6, 6.07) is 8.68. The molecule has 0 bridgehead atoms. The third-order valence-corrected chi connectivity index (χ3v) is 5.53. The molecular formula is C21H28N4OS. The number of hydrogen-bond donors (Lipinski definition) is 1. The molecule has 27 heavy (non-hydrogen) atoms. The third-order valence-electron chi connectivity index (χ3n) is 4.59. The Bertz CT molecular complexity index is 838. The van der Waals surface area contributed by atoms with E-state index in [1.165, 1.54) is 5.56 Å². The molecule has 0 saturated heterocycles. The van der Waals surface area contributed by atoms with E-state index in [0.29, 0.717) is 12.5 Å². The number of aryl methyl sites for hydroxylation is 1. The van der Waals surface area contributed by atoms with Crippen LogP contribution in [0.1, 0.15) is 43.5 Å². The van der Waals surface area contributed by atoms with E-state index < -0.39 is 0 Å². The Kier molecular flexibility index (Phi) is 6.77. The first kappa shape index (κ1) is 19.7. The average Bonchev–Trinajstić information content (AvgIpc) is 3.31. The topological polar surface area (TPSA) is 54.2 Å². The Morgan fingerprint density at radius 3 is 2.59 bits per heavy atom. The number of hydrogen-bond acceptors (Lipinski definition) is 5. The maximum atomic E-state index is 9.42. The molecular weight excluding hydrogens is 356 g/mol. The van der Waals surface area contributed by atoms with Gasteiger partial charge in [-0.1, -0.05) is 38.1 Å². The summed E-state index contributed by atoms with van der Waals surface area (Å²) in [4.78, 5) is 7.02. The van der Waals surface area contributed by atoms with Crippen LogP contribution in [0.2, 0.25) is 0 Å². The molecule has 0 amide bonds. The first-order valence-electron chi connectivity index (χ1n) is 9.48. The standard InChI is InChI=1S/C21H28N4OS/c1-4-25-13-17(11-22-25)12-24(9-10-26)14-20-15-27-21(23-20)19-7-5-18(6-8-19)16(2)3/h5-8,11,13,15-16,26H,4,9-10,12,14H2,1-3H3. The van der Waals surface area contributed by atoms with Gasteiger partial charge < -0.3 is 5.11 Å². The zero-order chi connectivity index (χ0) is 19.2. The molecule has 0 aliphatic rings. The van der Waals surface area contributed by atoms with Crippen molar-refractivity contribution in [3.8, 4) is 10.6 Å². The molecule has 2 aromatic heterocycles. The minimum Gasteiger partial charge on any atom is -0.395 e. The molecule has 3 aromatic rings. The lowest BCUT2D eigenvalue weighted by Gasteiger charge is -2.19. The summed E-state index contributed by atoms with van der Waals surface area (Å²) in [5.41, 5.74) is 4.70. The van der Waals surface area contributed by atoms with E-state index in [0.717, 1.165) is 41.5 Å². The highest BCUT2D eigenvalue weighted by atomic mass is 32.1. The fraction of sp³-hybridized carbons (Fsp3) is 0.429. The third kappa shape index (κ3) is 5.25. The molecule has 144 valence electrons. The van der Waals surface area contributed by atoms with Crippen LogP contribution in [0.25, 0.3) is 10.6 Å². The van der Waals surface area contributed by atoms with Crippen LogP contribution in [0.3, 0.4) is 0 Å². The molecule has 2 heterocycles. The van der Waals surface area contributed by atoms with Gasteiger partial charge >= 0.3 is 0 Å². The highest BCUT2D eigenvalue weighted by molar-refractivity contribution is 7.13. The van der Waals surface area contributed by atoms with Gasteiger partial charge in [-0.15, -0.1) is 11.3 Å². The van der Waals surface area contributed by atoms with E-state index in [1.54, 1.807) is 11.3 Å². The lowest BCUT2D eigenvalue weighted by atomic mass is 10.0. The SMILES string of the molecule is CCn1cc(CN(CCO)Cc2csc(-c3ccc(C(C)C)cc3)n2)cn1. The molecule has 0 radical (unpaired) electrons. The molecule has 0 aliphatic carbocycles. The molecule has 0 unspecified atom stereocenters. The van der Waals surface area contributed by atoms with Crippen molar-refractivity contribution >= 4 is 11.3 Å². The van der Waals surface area contributed by atoms with Gasteiger partial charge in [0.25, 0.3) is 0 Å². The smallest absolute Gasteiger partial charge is 0.123 e. The number of aliphatic hydroxyl groups is 1. The van der Waals surface area contributed by atoms with Crippen molar-refractivity contribution in [3.63, 3.8) is 0 Å². The number of aromatic nitrogens is 3.